The van der Waals surface area contributed by atoms with Crippen molar-refractivity contribution in [2.45, 2.75) is 47.2 Å². The number of carboxylic acids is 1. The number of rotatable bonds is 7. The highest BCUT2D eigenvalue weighted by Crippen LogP contribution is 2.45. The zero-order valence-electron chi connectivity index (χ0n) is 14.6. The van der Waals surface area contributed by atoms with Gasteiger partial charge in [0.15, 0.2) is 5.60 Å². The summed E-state index contributed by atoms with van der Waals surface area (Å²) in [6, 6.07) is 14.6. The highest BCUT2D eigenvalue weighted by atomic mass is 32.2. The zero-order chi connectivity index (χ0) is 18.7. The van der Waals surface area contributed by atoms with Gasteiger partial charge in [-0.3, -0.25) is 0 Å². The van der Waals surface area contributed by atoms with Crippen molar-refractivity contribution >= 4 is 29.5 Å². The van der Waals surface area contributed by atoms with E-state index in [0.29, 0.717) is 5.75 Å². The lowest BCUT2D eigenvalue weighted by Gasteiger charge is -2.24. The predicted octanol–water partition coefficient (Wildman–Crippen LogP) is 5.25. The standard InChI is InChI=1S/C19H22O4S2/c1-18(2,17(21)22)23-14-7-11-16(12-8-14)25-19(3,4)24-15-9-5-13(20)6-10-15/h5-12,20H,1-4H3,(H,21,22). The van der Waals surface area contributed by atoms with Crippen LogP contribution in [0.5, 0.6) is 11.5 Å². The molecule has 134 valence electrons. The van der Waals surface area contributed by atoms with Gasteiger partial charge in [-0.25, -0.2) is 4.79 Å². The first-order valence-corrected chi connectivity index (χ1v) is 9.40. The lowest BCUT2D eigenvalue weighted by atomic mass is 10.1. The molecule has 2 N–H and O–H groups in total. The van der Waals surface area contributed by atoms with Crippen LogP contribution in [0.15, 0.2) is 58.3 Å². The summed E-state index contributed by atoms with van der Waals surface area (Å²) in [6.07, 6.45) is 0. The van der Waals surface area contributed by atoms with Gasteiger partial charge in [0.1, 0.15) is 11.5 Å². The summed E-state index contributed by atoms with van der Waals surface area (Å²) in [7, 11) is 0. The normalized spacial score (nSPS) is 12.0. The summed E-state index contributed by atoms with van der Waals surface area (Å²) >= 11 is 3.42. The van der Waals surface area contributed by atoms with Gasteiger partial charge >= 0.3 is 5.97 Å². The van der Waals surface area contributed by atoms with E-state index in [4.69, 9.17) is 9.84 Å². The van der Waals surface area contributed by atoms with Crippen molar-refractivity contribution in [3.05, 3.63) is 48.5 Å². The average Bonchev–Trinajstić information content (AvgIpc) is 2.50. The number of carbonyl (C=O) groups is 1. The Labute approximate surface area is 156 Å². The summed E-state index contributed by atoms with van der Waals surface area (Å²) in [5, 5.41) is 18.5. The molecular formula is C19H22O4S2. The molecule has 0 unspecified atom stereocenters. The third-order valence-corrected chi connectivity index (χ3v) is 5.77. The van der Waals surface area contributed by atoms with Crippen LogP contribution < -0.4 is 4.74 Å². The third-order valence-electron chi connectivity index (χ3n) is 3.28. The van der Waals surface area contributed by atoms with Gasteiger partial charge in [-0.05, 0) is 76.2 Å². The molecule has 4 nitrogen and oxygen atoms in total. The van der Waals surface area contributed by atoms with Crippen molar-refractivity contribution in [1.82, 2.24) is 0 Å². The smallest absolute Gasteiger partial charge is 0.347 e. The Morgan fingerprint density at radius 1 is 0.880 bits per heavy atom. The lowest BCUT2D eigenvalue weighted by Crippen LogP contribution is -2.37. The van der Waals surface area contributed by atoms with E-state index >= 15 is 0 Å². The number of carboxylic acid groups (broad SMARTS) is 1. The first-order valence-electron chi connectivity index (χ1n) is 7.77. The highest BCUT2D eigenvalue weighted by Gasteiger charge is 2.29. The minimum Gasteiger partial charge on any atom is -0.508 e. The molecule has 0 saturated heterocycles. The number of ether oxygens (including phenoxy) is 1. The van der Waals surface area contributed by atoms with E-state index in [2.05, 4.69) is 13.8 Å². The second kappa shape index (κ2) is 7.62. The van der Waals surface area contributed by atoms with Crippen LogP contribution in [-0.4, -0.2) is 25.9 Å². The molecule has 0 aliphatic carbocycles. The quantitative estimate of drug-likeness (QED) is 0.506. The molecule has 0 saturated carbocycles. The number of hydrogen-bond acceptors (Lipinski definition) is 5. The topological polar surface area (TPSA) is 66.8 Å². The van der Waals surface area contributed by atoms with Crippen LogP contribution >= 0.6 is 23.5 Å². The number of phenolic OH excluding ortho intramolecular Hbond substituents is 1. The van der Waals surface area contributed by atoms with Crippen molar-refractivity contribution in [3.63, 3.8) is 0 Å². The van der Waals surface area contributed by atoms with Crippen molar-refractivity contribution < 1.29 is 19.7 Å². The third kappa shape index (κ3) is 5.90. The molecule has 0 aliphatic rings. The summed E-state index contributed by atoms with van der Waals surface area (Å²) < 4.78 is 5.41. The fourth-order valence-electron chi connectivity index (χ4n) is 2.02. The van der Waals surface area contributed by atoms with Gasteiger partial charge in [-0.15, -0.1) is 23.5 Å². The monoisotopic (exact) mass is 378 g/mol. The predicted molar refractivity (Wildman–Crippen MR) is 103 cm³/mol. The van der Waals surface area contributed by atoms with Crippen LogP contribution in [0.25, 0.3) is 0 Å². The summed E-state index contributed by atoms with van der Waals surface area (Å²) in [6.45, 7) is 7.31. The van der Waals surface area contributed by atoms with E-state index in [1.165, 1.54) is 13.8 Å². The molecule has 25 heavy (non-hydrogen) atoms. The summed E-state index contributed by atoms with van der Waals surface area (Å²) in [5.74, 6) is -0.215. The lowest BCUT2D eigenvalue weighted by molar-refractivity contribution is -0.152. The number of benzene rings is 2. The van der Waals surface area contributed by atoms with Crippen LogP contribution in [-0.2, 0) is 4.79 Å². The Hall–Kier alpha value is -1.79. The number of aromatic hydroxyl groups is 1. The van der Waals surface area contributed by atoms with Gasteiger partial charge in [0, 0.05) is 9.79 Å². The molecule has 0 bridgehead atoms. The van der Waals surface area contributed by atoms with Crippen molar-refractivity contribution in [1.29, 1.82) is 0 Å². The van der Waals surface area contributed by atoms with Gasteiger partial charge < -0.3 is 14.9 Å². The molecule has 2 aromatic carbocycles. The number of aliphatic carboxylic acids is 1. The van der Waals surface area contributed by atoms with Crippen molar-refractivity contribution in [2.75, 3.05) is 0 Å². The Kier molecular flexibility index (Phi) is 5.95. The average molecular weight is 379 g/mol. The SMILES string of the molecule is CC(C)(Sc1ccc(O)cc1)Sc1ccc(OC(C)(C)C(=O)O)cc1. The van der Waals surface area contributed by atoms with Gasteiger partial charge in [0.25, 0.3) is 0 Å². The van der Waals surface area contributed by atoms with Gasteiger partial charge in [0.05, 0.1) is 4.08 Å². The summed E-state index contributed by atoms with van der Waals surface area (Å²) in [4.78, 5) is 13.3. The minimum absolute atomic E-state index is 0.111. The first kappa shape index (κ1) is 19.5. The van der Waals surface area contributed by atoms with Crippen molar-refractivity contribution in [3.8, 4) is 11.5 Å². The highest BCUT2D eigenvalue weighted by molar-refractivity contribution is 8.18. The molecule has 2 rings (SSSR count). The maximum absolute atomic E-state index is 11.1. The van der Waals surface area contributed by atoms with Gasteiger partial charge in [0.2, 0.25) is 0 Å². The Morgan fingerprint density at radius 3 is 1.76 bits per heavy atom. The van der Waals surface area contributed by atoms with E-state index < -0.39 is 11.6 Å². The molecule has 6 heteroatoms. The summed E-state index contributed by atoms with van der Waals surface area (Å²) in [5.41, 5.74) is -1.26. The van der Waals surface area contributed by atoms with Crippen LogP contribution in [0.2, 0.25) is 0 Å². The molecule has 2 aromatic rings. The second-order valence-corrected chi connectivity index (χ2v) is 10.1. The van der Waals surface area contributed by atoms with Gasteiger partial charge in [-0.1, -0.05) is 0 Å². The molecule has 0 aliphatic heterocycles. The fourth-order valence-corrected chi connectivity index (χ4v) is 4.44. The molecule has 0 aromatic heterocycles. The second-order valence-electron chi connectivity index (χ2n) is 6.49. The Balaban J connectivity index is 2.02. The largest absolute Gasteiger partial charge is 0.508 e. The molecule has 0 fully saturated rings. The molecule has 0 radical (unpaired) electrons. The van der Waals surface area contributed by atoms with E-state index in [1.807, 2.05) is 24.3 Å². The molecule has 0 heterocycles. The maximum atomic E-state index is 11.1. The maximum Gasteiger partial charge on any atom is 0.347 e. The van der Waals surface area contributed by atoms with E-state index in [1.54, 1.807) is 47.8 Å². The van der Waals surface area contributed by atoms with E-state index in [0.717, 1.165) is 9.79 Å². The minimum atomic E-state index is -1.26. The molecular weight excluding hydrogens is 356 g/mol. The number of thioether (sulfide) groups is 2. The van der Waals surface area contributed by atoms with Gasteiger partial charge in [-0.2, -0.15) is 0 Å². The molecule has 0 atom stereocenters. The van der Waals surface area contributed by atoms with E-state index in [-0.39, 0.29) is 9.83 Å². The van der Waals surface area contributed by atoms with E-state index in [9.17, 15) is 9.90 Å². The fraction of sp³-hybridized carbons (Fsp3) is 0.316. The van der Waals surface area contributed by atoms with Crippen molar-refractivity contribution in [2.24, 2.45) is 0 Å². The van der Waals surface area contributed by atoms with Crippen LogP contribution in [0.3, 0.4) is 0 Å². The van der Waals surface area contributed by atoms with Crippen LogP contribution in [0, 0.1) is 0 Å². The number of phenols is 1. The van der Waals surface area contributed by atoms with Crippen LogP contribution in [0.1, 0.15) is 27.7 Å². The molecule has 0 amide bonds. The zero-order valence-corrected chi connectivity index (χ0v) is 16.3. The Morgan fingerprint density at radius 2 is 1.32 bits per heavy atom. The molecule has 0 spiro atoms. The Bertz CT molecular complexity index is 722. The number of hydrogen-bond donors (Lipinski definition) is 2. The first-order chi connectivity index (χ1) is 11.6. The van der Waals surface area contributed by atoms with Crippen LogP contribution in [0.4, 0.5) is 0 Å².